The van der Waals surface area contributed by atoms with Gasteiger partial charge in [-0.1, -0.05) is 264 Å². The minimum absolute atomic E-state index is 0.106. The second kappa shape index (κ2) is 23.1. The highest BCUT2D eigenvalue weighted by molar-refractivity contribution is 6.48. The number of hydrogen-bond donors (Lipinski definition) is 0. The zero-order chi connectivity index (χ0) is 64.8. The van der Waals surface area contributed by atoms with Crippen molar-refractivity contribution in [3.05, 3.63) is 180 Å². The van der Waals surface area contributed by atoms with Crippen LogP contribution in [-0.4, -0.2) is 45.5 Å². The summed E-state index contributed by atoms with van der Waals surface area (Å²) in [5.41, 5.74) is 4.94. The quantitative estimate of drug-likeness (QED) is 0.0277. The molecule has 0 fully saturated rings. The molecule has 96 heavy (non-hydrogen) atoms. The molecule has 0 bridgehead atoms. The van der Waals surface area contributed by atoms with Crippen LogP contribution in [0, 0.1) is 0 Å². The number of rotatable bonds is 23. The Morgan fingerprint density at radius 1 is 0.208 bits per heavy atom. The van der Waals surface area contributed by atoms with E-state index in [1.165, 1.54) is 123 Å². The Hall–Kier alpha value is -9.52. The van der Waals surface area contributed by atoms with Gasteiger partial charge in [-0.2, -0.15) is 0 Å². The second-order valence-electron chi connectivity index (χ2n) is 28.7. The summed E-state index contributed by atoms with van der Waals surface area (Å²) >= 11 is 0. The van der Waals surface area contributed by atoms with Crippen LogP contribution in [-0.2, 0) is 0 Å². The van der Waals surface area contributed by atoms with Crippen molar-refractivity contribution < 1.29 is 19.2 Å². The standard InChI is InChI=1S/C90H80N2O4/c1-5-9-13-17-23-51(24-18-14-10-6-2)91-87(93)73-47-43-62-58-30-22-28-56-54(32-34-60(78(56)58)64-44-48-74(88(91)94)85(73)83(62)64)53-31-33-59-63-36-38-66-68-40-42-70-72-46-50-76-86-75(89(95)92(90(76)96)52(25-19-15-11-7-3)26-20-16-12-8-4)49-45-71(84(72)86)69-41-39-67(81(68)82(69)70)65-37-35-61(79(63)80(65)66)57-29-21-27-55(53)77(57)59/h21-22,27-52H,5-20,23-26H2,1-4H3. The fourth-order valence-electron chi connectivity index (χ4n) is 19.0. The smallest absolute Gasteiger partial charge is 0.261 e. The summed E-state index contributed by atoms with van der Waals surface area (Å²) in [5.74, 6) is -0.568. The predicted octanol–water partition coefficient (Wildman–Crippen LogP) is 25.1. The lowest BCUT2D eigenvalue weighted by Crippen LogP contribution is -2.47. The van der Waals surface area contributed by atoms with Crippen molar-refractivity contribution in [2.75, 3.05) is 0 Å². The molecule has 0 spiro atoms. The van der Waals surface area contributed by atoms with E-state index in [1.807, 2.05) is 24.3 Å². The number of carbonyl (C=O) groups is 4. The van der Waals surface area contributed by atoms with Crippen molar-refractivity contribution in [1.29, 1.82) is 0 Å². The largest absolute Gasteiger partial charge is 0.271 e. The van der Waals surface area contributed by atoms with E-state index in [9.17, 15) is 19.2 Å². The number of amides is 4. The van der Waals surface area contributed by atoms with E-state index in [2.05, 4.69) is 161 Å². The number of unbranched alkanes of at least 4 members (excludes halogenated alkanes) is 12. The molecule has 16 aromatic rings. The van der Waals surface area contributed by atoms with Crippen molar-refractivity contribution in [1.82, 2.24) is 9.80 Å². The molecule has 2 heterocycles. The van der Waals surface area contributed by atoms with Crippen LogP contribution in [0.5, 0.6) is 0 Å². The van der Waals surface area contributed by atoms with Crippen LogP contribution >= 0.6 is 0 Å². The SMILES string of the molecule is CCCCCCC(CCCCCC)N1C(=O)c2ccc3c4cccc5c(-c6ccc7c8ccc9c%10ccc%11c%12ccc%13c%14c(ccc(c%15ccc(c%16ccc(c%17cccc6c%177)c8c%169)c%10c%15%11)c%14%12)C(=O)N(C(CCCCCC)CCCCCC)C%13=O)ccc(c6ccc(c2c36)C1=O)c54. The van der Waals surface area contributed by atoms with Crippen LogP contribution in [0.3, 0.4) is 0 Å². The molecule has 0 saturated carbocycles. The summed E-state index contributed by atoms with van der Waals surface area (Å²) in [7, 11) is 0. The van der Waals surface area contributed by atoms with Gasteiger partial charge in [0, 0.05) is 45.1 Å². The molecule has 0 aliphatic carbocycles. The third-order valence-corrected chi connectivity index (χ3v) is 23.4. The van der Waals surface area contributed by atoms with E-state index >= 15 is 0 Å². The van der Waals surface area contributed by atoms with Gasteiger partial charge in [0.05, 0.1) is 0 Å². The summed E-state index contributed by atoms with van der Waals surface area (Å²) in [6.45, 7) is 8.91. The van der Waals surface area contributed by atoms with Crippen molar-refractivity contribution in [2.24, 2.45) is 0 Å². The molecule has 6 heteroatoms. The number of benzene rings is 16. The Labute approximate surface area is 559 Å². The molecule has 0 unspecified atom stereocenters. The van der Waals surface area contributed by atoms with Gasteiger partial charge in [-0.05, 0) is 201 Å². The summed E-state index contributed by atoms with van der Waals surface area (Å²) in [6, 6.07) is 58.2. The van der Waals surface area contributed by atoms with E-state index in [1.54, 1.807) is 9.80 Å². The third-order valence-electron chi connectivity index (χ3n) is 23.4. The Morgan fingerprint density at radius 2 is 0.406 bits per heavy atom. The lowest BCUT2D eigenvalue weighted by Gasteiger charge is -2.35. The lowest BCUT2D eigenvalue weighted by atomic mass is 9.80. The maximum absolute atomic E-state index is 14.9. The number of nitrogens with zero attached hydrogens (tertiary/aromatic N) is 2. The zero-order valence-corrected chi connectivity index (χ0v) is 55.8. The van der Waals surface area contributed by atoms with Crippen molar-refractivity contribution >= 4 is 174 Å². The molecule has 4 amide bonds. The van der Waals surface area contributed by atoms with Crippen molar-refractivity contribution in [2.45, 2.75) is 168 Å². The lowest BCUT2D eigenvalue weighted by molar-refractivity contribution is 0.0501. The van der Waals surface area contributed by atoms with E-state index < -0.39 is 0 Å². The number of carbonyl (C=O) groups excluding carboxylic acids is 4. The molecule has 6 nitrogen and oxygen atoms in total. The Kier molecular flexibility index (Phi) is 14.2. The minimum atomic E-state index is -0.144. The van der Waals surface area contributed by atoms with Crippen LogP contribution < -0.4 is 0 Å². The molecule has 16 aromatic carbocycles. The van der Waals surface area contributed by atoms with Crippen LogP contribution in [0.15, 0.2) is 158 Å². The van der Waals surface area contributed by atoms with Gasteiger partial charge in [0.15, 0.2) is 0 Å². The Morgan fingerprint density at radius 3 is 0.656 bits per heavy atom. The van der Waals surface area contributed by atoms with Gasteiger partial charge < -0.3 is 0 Å². The average Bonchev–Trinajstić information content (AvgIpc) is 0.690. The fourth-order valence-corrected chi connectivity index (χ4v) is 19.0. The van der Waals surface area contributed by atoms with Gasteiger partial charge >= 0.3 is 0 Å². The highest BCUT2D eigenvalue weighted by Crippen LogP contribution is 2.54. The normalized spacial score (nSPS) is 14.1. The van der Waals surface area contributed by atoms with E-state index in [4.69, 9.17) is 0 Å². The van der Waals surface area contributed by atoms with Crippen LogP contribution in [0.25, 0.3) is 162 Å². The van der Waals surface area contributed by atoms with E-state index in [-0.39, 0.29) is 35.7 Å². The van der Waals surface area contributed by atoms with Gasteiger partial charge in [-0.3, -0.25) is 29.0 Å². The molecule has 0 atom stereocenters. The maximum Gasteiger partial charge on any atom is 0.261 e. The first-order chi connectivity index (χ1) is 47.2. The van der Waals surface area contributed by atoms with Crippen LogP contribution in [0.2, 0.25) is 0 Å². The Bertz CT molecular complexity index is 5650. The van der Waals surface area contributed by atoms with E-state index in [0.29, 0.717) is 22.3 Å². The van der Waals surface area contributed by atoms with Gasteiger partial charge in [0.1, 0.15) is 0 Å². The van der Waals surface area contributed by atoms with Gasteiger partial charge in [-0.25, -0.2) is 0 Å². The molecule has 0 radical (unpaired) electrons. The molecule has 2 aliphatic heterocycles. The van der Waals surface area contributed by atoms with Gasteiger partial charge in [0.2, 0.25) is 0 Å². The molecular weight excluding hydrogens is 1170 g/mol. The number of hydrogen-bond acceptors (Lipinski definition) is 4. The molecule has 474 valence electrons. The molecular formula is C90H80N2O4. The first-order valence-corrected chi connectivity index (χ1v) is 36.5. The fraction of sp³-hybridized carbons (Fsp3) is 0.289. The molecule has 2 aliphatic rings. The van der Waals surface area contributed by atoms with Gasteiger partial charge in [-0.15, -0.1) is 0 Å². The van der Waals surface area contributed by atoms with E-state index in [0.717, 1.165) is 167 Å². The summed E-state index contributed by atoms with van der Waals surface area (Å²) in [6.07, 6.45) is 21.2. The minimum Gasteiger partial charge on any atom is -0.271 e. The highest BCUT2D eigenvalue weighted by atomic mass is 16.2. The third kappa shape index (κ3) is 8.42. The summed E-state index contributed by atoms with van der Waals surface area (Å²) < 4.78 is 0. The molecule has 0 saturated heterocycles. The van der Waals surface area contributed by atoms with Crippen LogP contribution in [0.1, 0.15) is 198 Å². The van der Waals surface area contributed by atoms with Crippen molar-refractivity contribution in [3.63, 3.8) is 0 Å². The Balaban J connectivity index is 0.746. The van der Waals surface area contributed by atoms with Crippen molar-refractivity contribution in [3.8, 4) is 11.1 Å². The first-order valence-electron chi connectivity index (χ1n) is 36.5. The molecule has 0 N–H and O–H groups in total. The molecule has 0 aromatic heterocycles. The zero-order valence-electron chi connectivity index (χ0n) is 55.8. The number of fused-ring (bicyclic) bond motifs is 8. The topological polar surface area (TPSA) is 74.8 Å². The van der Waals surface area contributed by atoms with Crippen LogP contribution in [0.4, 0.5) is 0 Å². The highest BCUT2D eigenvalue weighted by Gasteiger charge is 2.40. The summed E-state index contributed by atoms with van der Waals surface area (Å²) in [4.78, 5) is 63.0. The molecule has 18 rings (SSSR count). The second-order valence-corrected chi connectivity index (χ2v) is 28.7. The summed E-state index contributed by atoms with van der Waals surface area (Å²) in [5, 5.41) is 32.3. The average molecular weight is 1250 g/mol. The number of imide groups is 2. The van der Waals surface area contributed by atoms with Gasteiger partial charge in [0.25, 0.3) is 23.6 Å². The first kappa shape index (κ1) is 59.0. The maximum atomic E-state index is 14.9. The predicted molar refractivity (Wildman–Crippen MR) is 405 cm³/mol. The monoisotopic (exact) mass is 1250 g/mol.